The van der Waals surface area contributed by atoms with Crippen LogP contribution in [0.15, 0.2) is 18.2 Å². The molecule has 0 aliphatic carbocycles. The van der Waals surface area contributed by atoms with E-state index in [0.29, 0.717) is 17.9 Å². The molecule has 1 aromatic carbocycles. The van der Waals surface area contributed by atoms with Crippen LogP contribution in [0.1, 0.15) is 31.7 Å². The molecule has 0 heterocycles. The molecule has 0 fully saturated rings. The second kappa shape index (κ2) is 8.09. The Balaban J connectivity index is 2.51. The van der Waals surface area contributed by atoms with Gasteiger partial charge in [-0.3, -0.25) is 0 Å². The van der Waals surface area contributed by atoms with Gasteiger partial charge < -0.3 is 10.1 Å². The second-order valence-electron chi connectivity index (χ2n) is 4.50. The number of ether oxygens (including phenoxy) is 1. The second-order valence-corrected chi connectivity index (χ2v) is 4.50. The van der Waals surface area contributed by atoms with Crippen LogP contribution in [0.2, 0.25) is 0 Å². The molecule has 0 bridgehead atoms. The fourth-order valence-electron chi connectivity index (χ4n) is 1.68. The summed E-state index contributed by atoms with van der Waals surface area (Å²) in [5.41, 5.74) is 0.616. The van der Waals surface area contributed by atoms with Crippen molar-refractivity contribution in [1.82, 2.24) is 5.32 Å². The minimum absolute atomic E-state index is 0.0358. The number of hydrogen-bond donors (Lipinski definition) is 1. The predicted molar refractivity (Wildman–Crippen MR) is 69.2 cm³/mol. The van der Waals surface area contributed by atoms with Crippen molar-refractivity contribution in [3.8, 4) is 5.75 Å². The molecule has 0 amide bonds. The molecule has 114 valence electrons. The molecule has 2 nitrogen and oxygen atoms in total. The van der Waals surface area contributed by atoms with Crippen molar-refractivity contribution >= 4 is 0 Å². The van der Waals surface area contributed by atoms with E-state index in [-0.39, 0.29) is 18.8 Å². The van der Waals surface area contributed by atoms with Gasteiger partial charge in [0.1, 0.15) is 11.6 Å². The molecule has 0 aromatic heterocycles. The minimum Gasteiger partial charge on any atom is -0.493 e. The van der Waals surface area contributed by atoms with Gasteiger partial charge in [-0.25, -0.2) is 4.39 Å². The van der Waals surface area contributed by atoms with Gasteiger partial charge in [0.15, 0.2) is 0 Å². The predicted octanol–water partition coefficient (Wildman–Crippen LogP) is 4.05. The number of halogens is 4. The molecule has 1 rings (SSSR count). The molecule has 1 aromatic rings. The first-order valence-corrected chi connectivity index (χ1v) is 6.61. The number of benzene rings is 1. The topological polar surface area (TPSA) is 21.3 Å². The Kier molecular flexibility index (Phi) is 6.78. The summed E-state index contributed by atoms with van der Waals surface area (Å²) in [5.74, 6) is 0.0399. The van der Waals surface area contributed by atoms with Crippen LogP contribution < -0.4 is 10.1 Å². The molecule has 20 heavy (non-hydrogen) atoms. The molecule has 6 heteroatoms. The van der Waals surface area contributed by atoms with Crippen LogP contribution >= 0.6 is 0 Å². The first-order chi connectivity index (χ1) is 9.42. The lowest BCUT2D eigenvalue weighted by Crippen LogP contribution is -2.15. The van der Waals surface area contributed by atoms with Crippen LogP contribution in [0.3, 0.4) is 0 Å². The number of nitrogens with one attached hydrogen (secondary N) is 1. The lowest BCUT2D eigenvalue weighted by molar-refractivity contribution is -0.136. The molecule has 0 spiro atoms. The maximum Gasteiger partial charge on any atom is 0.389 e. The third-order valence-electron chi connectivity index (χ3n) is 2.63. The Labute approximate surface area is 116 Å². The summed E-state index contributed by atoms with van der Waals surface area (Å²) in [6, 6.07) is 4.02. The highest BCUT2D eigenvalue weighted by Gasteiger charge is 2.26. The SMILES string of the molecule is CCCNCc1cc(F)ccc1OCCCC(F)(F)F. The van der Waals surface area contributed by atoms with Crippen LogP contribution in [0.25, 0.3) is 0 Å². The molecule has 0 saturated carbocycles. The van der Waals surface area contributed by atoms with E-state index < -0.39 is 12.6 Å². The lowest BCUT2D eigenvalue weighted by atomic mass is 10.2. The maximum atomic E-state index is 13.2. The van der Waals surface area contributed by atoms with Gasteiger partial charge in [0, 0.05) is 18.5 Å². The summed E-state index contributed by atoms with van der Waals surface area (Å²) in [7, 11) is 0. The van der Waals surface area contributed by atoms with Crippen LogP contribution in [0.4, 0.5) is 17.6 Å². The van der Waals surface area contributed by atoms with Crippen LogP contribution in [-0.4, -0.2) is 19.3 Å². The highest BCUT2D eigenvalue weighted by atomic mass is 19.4. The molecule has 1 N–H and O–H groups in total. The highest BCUT2D eigenvalue weighted by molar-refractivity contribution is 5.33. The zero-order chi connectivity index (χ0) is 15.0. The van der Waals surface area contributed by atoms with E-state index in [9.17, 15) is 17.6 Å². The molecule has 0 radical (unpaired) electrons. The molecular weight excluding hydrogens is 274 g/mol. The van der Waals surface area contributed by atoms with Gasteiger partial charge in [-0.15, -0.1) is 0 Å². The zero-order valence-electron chi connectivity index (χ0n) is 11.4. The quantitative estimate of drug-likeness (QED) is 0.577. The van der Waals surface area contributed by atoms with Gasteiger partial charge >= 0.3 is 6.18 Å². The Morgan fingerprint density at radius 3 is 2.65 bits per heavy atom. The standard InChI is InChI=1S/C14H19F4NO/c1-2-7-19-10-11-9-12(15)4-5-13(11)20-8-3-6-14(16,17)18/h4-5,9,19H,2-3,6-8,10H2,1H3. The molecule has 0 atom stereocenters. The van der Waals surface area contributed by atoms with E-state index >= 15 is 0 Å². The van der Waals surface area contributed by atoms with Gasteiger partial charge in [-0.2, -0.15) is 13.2 Å². The average Bonchev–Trinajstić information content (AvgIpc) is 2.36. The van der Waals surface area contributed by atoms with Gasteiger partial charge in [0.05, 0.1) is 6.61 Å². The van der Waals surface area contributed by atoms with E-state index in [1.54, 1.807) is 0 Å². The smallest absolute Gasteiger partial charge is 0.389 e. The van der Waals surface area contributed by atoms with Crippen molar-refractivity contribution in [3.63, 3.8) is 0 Å². The van der Waals surface area contributed by atoms with E-state index in [1.165, 1.54) is 18.2 Å². The third-order valence-corrected chi connectivity index (χ3v) is 2.63. The van der Waals surface area contributed by atoms with Gasteiger partial charge in [-0.1, -0.05) is 6.92 Å². The lowest BCUT2D eigenvalue weighted by Gasteiger charge is -2.13. The summed E-state index contributed by atoms with van der Waals surface area (Å²) in [5, 5.41) is 3.11. The first kappa shape index (κ1) is 16.8. The molecule has 0 saturated heterocycles. The van der Waals surface area contributed by atoms with Crippen molar-refractivity contribution in [3.05, 3.63) is 29.6 Å². The minimum atomic E-state index is -4.17. The summed E-state index contributed by atoms with van der Waals surface area (Å²) in [4.78, 5) is 0. The van der Waals surface area contributed by atoms with Crippen LogP contribution in [0.5, 0.6) is 5.75 Å². The molecule has 0 aliphatic rings. The summed E-state index contributed by atoms with van der Waals surface area (Å²) in [6.07, 6.45) is -4.21. The van der Waals surface area contributed by atoms with Gasteiger partial charge in [0.2, 0.25) is 0 Å². The van der Waals surface area contributed by atoms with E-state index in [0.717, 1.165) is 13.0 Å². The molecular formula is C14H19F4NO. The Hall–Kier alpha value is -1.30. The van der Waals surface area contributed by atoms with Crippen molar-refractivity contribution in [2.45, 2.75) is 38.9 Å². The fraction of sp³-hybridized carbons (Fsp3) is 0.571. The summed E-state index contributed by atoms with van der Waals surface area (Å²) < 4.78 is 54.5. The molecule has 0 aliphatic heterocycles. The van der Waals surface area contributed by atoms with E-state index in [2.05, 4.69) is 5.32 Å². The monoisotopic (exact) mass is 293 g/mol. The van der Waals surface area contributed by atoms with Crippen molar-refractivity contribution in [2.75, 3.05) is 13.2 Å². The van der Waals surface area contributed by atoms with Crippen LogP contribution in [-0.2, 0) is 6.54 Å². The fourth-order valence-corrected chi connectivity index (χ4v) is 1.68. The highest BCUT2D eigenvalue weighted by Crippen LogP contribution is 2.23. The first-order valence-electron chi connectivity index (χ1n) is 6.61. The Morgan fingerprint density at radius 1 is 1.25 bits per heavy atom. The summed E-state index contributed by atoms with van der Waals surface area (Å²) >= 11 is 0. The average molecular weight is 293 g/mol. The largest absolute Gasteiger partial charge is 0.493 e. The summed E-state index contributed by atoms with van der Waals surface area (Å²) in [6.45, 7) is 3.18. The Bertz CT molecular complexity index is 407. The van der Waals surface area contributed by atoms with Crippen molar-refractivity contribution in [1.29, 1.82) is 0 Å². The maximum absolute atomic E-state index is 13.2. The van der Waals surface area contributed by atoms with Gasteiger partial charge in [0.25, 0.3) is 0 Å². The number of alkyl halides is 3. The van der Waals surface area contributed by atoms with Crippen molar-refractivity contribution < 1.29 is 22.3 Å². The number of rotatable bonds is 8. The van der Waals surface area contributed by atoms with Crippen LogP contribution in [0, 0.1) is 5.82 Å². The van der Waals surface area contributed by atoms with E-state index in [4.69, 9.17) is 4.74 Å². The Morgan fingerprint density at radius 2 is 2.00 bits per heavy atom. The normalized spacial score (nSPS) is 11.7. The zero-order valence-corrected chi connectivity index (χ0v) is 11.4. The van der Waals surface area contributed by atoms with E-state index in [1.807, 2.05) is 6.92 Å². The number of hydrogen-bond acceptors (Lipinski definition) is 2. The molecule has 0 unspecified atom stereocenters. The van der Waals surface area contributed by atoms with Crippen molar-refractivity contribution in [2.24, 2.45) is 0 Å². The third kappa shape index (κ3) is 6.75. The van der Waals surface area contributed by atoms with Gasteiger partial charge in [-0.05, 0) is 37.6 Å².